The Kier molecular flexibility index (Phi) is 11.7. The van der Waals surface area contributed by atoms with Crippen molar-refractivity contribution in [2.75, 3.05) is 17.1 Å². The molecule has 0 fully saturated rings. The minimum Gasteiger partial charge on any atom is -0.352 e. The first-order valence-corrected chi connectivity index (χ1v) is 15.1. The van der Waals surface area contributed by atoms with Gasteiger partial charge in [-0.15, -0.1) is 0 Å². The Morgan fingerprint density at radius 2 is 1.73 bits per heavy atom. The summed E-state index contributed by atoms with van der Waals surface area (Å²) in [5.74, 6) is -0.466. The molecule has 1 N–H and O–H groups in total. The van der Waals surface area contributed by atoms with E-state index in [2.05, 4.69) is 5.32 Å². The fourth-order valence-electron chi connectivity index (χ4n) is 4.00. The van der Waals surface area contributed by atoms with Crippen molar-refractivity contribution in [2.45, 2.75) is 72.0 Å². The molecule has 10 heteroatoms. The standard InChI is InChI=1S/C27H37Cl2N3O4S/c1-6-20(4)30-27(34)24(7-2)31(18-21-11-8-9-12-23(21)29)26(33)13-10-16-32(37(5,35)36)25-17-22(28)15-14-19(25)3/h8-9,11-12,14-15,17,20,24H,6-7,10,13,16,18H2,1-5H3,(H,30,34)/t20-,24-/m1/s1. The Hall–Kier alpha value is -2.29. The van der Waals surface area contributed by atoms with E-state index < -0.39 is 16.1 Å². The third kappa shape index (κ3) is 8.90. The van der Waals surface area contributed by atoms with Crippen LogP contribution in [0.15, 0.2) is 42.5 Å². The maximum atomic E-state index is 13.5. The second-order valence-corrected chi connectivity index (χ2v) is 12.0. The molecule has 7 nitrogen and oxygen atoms in total. The van der Waals surface area contributed by atoms with Crippen molar-refractivity contribution in [3.63, 3.8) is 0 Å². The van der Waals surface area contributed by atoms with E-state index in [9.17, 15) is 18.0 Å². The quantitative estimate of drug-likeness (QED) is 0.341. The van der Waals surface area contributed by atoms with Gasteiger partial charge in [0.15, 0.2) is 0 Å². The van der Waals surface area contributed by atoms with Crippen molar-refractivity contribution in [3.8, 4) is 0 Å². The number of halogens is 2. The summed E-state index contributed by atoms with van der Waals surface area (Å²) in [4.78, 5) is 28.2. The number of hydrogen-bond acceptors (Lipinski definition) is 4. The van der Waals surface area contributed by atoms with Crippen molar-refractivity contribution in [3.05, 3.63) is 63.6 Å². The molecular weight excluding hydrogens is 533 g/mol. The van der Waals surface area contributed by atoms with Gasteiger partial charge >= 0.3 is 0 Å². The molecule has 2 amide bonds. The number of anilines is 1. The molecular formula is C27H37Cl2N3O4S. The lowest BCUT2D eigenvalue weighted by molar-refractivity contribution is -0.141. The van der Waals surface area contributed by atoms with Crippen molar-refractivity contribution >= 4 is 50.7 Å². The van der Waals surface area contributed by atoms with E-state index in [1.54, 1.807) is 29.2 Å². The van der Waals surface area contributed by atoms with Crippen LogP contribution in [0.1, 0.15) is 57.6 Å². The first-order valence-electron chi connectivity index (χ1n) is 12.5. The third-order valence-electron chi connectivity index (χ3n) is 6.28. The molecule has 0 aliphatic rings. The Bertz CT molecular complexity index is 1190. The summed E-state index contributed by atoms with van der Waals surface area (Å²) in [5, 5.41) is 3.91. The first-order chi connectivity index (χ1) is 17.4. The number of nitrogens with zero attached hydrogens (tertiary/aromatic N) is 2. The molecule has 0 saturated heterocycles. The van der Waals surface area contributed by atoms with Crippen LogP contribution in [0.2, 0.25) is 10.0 Å². The number of nitrogens with one attached hydrogen (secondary N) is 1. The topological polar surface area (TPSA) is 86.8 Å². The van der Waals surface area contributed by atoms with Crippen LogP contribution < -0.4 is 9.62 Å². The SMILES string of the molecule is CC[C@@H](C)NC(=O)[C@@H](CC)N(Cc1ccccc1Cl)C(=O)CCCN(c1cc(Cl)ccc1C)S(C)(=O)=O. The molecule has 0 spiro atoms. The Morgan fingerprint density at radius 3 is 2.32 bits per heavy atom. The smallest absolute Gasteiger partial charge is 0.243 e. The number of carbonyl (C=O) groups is 2. The van der Waals surface area contributed by atoms with Gasteiger partial charge in [0.05, 0.1) is 11.9 Å². The number of hydrogen-bond donors (Lipinski definition) is 1. The zero-order valence-electron chi connectivity index (χ0n) is 22.1. The molecule has 0 unspecified atom stereocenters. The maximum Gasteiger partial charge on any atom is 0.243 e. The summed E-state index contributed by atoms with van der Waals surface area (Å²) in [6.07, 6.45) is 2.65. The van der Waals surface area contributed by atoms with E-state index in [1.807, 2.05) is 45.9 Å². The zero-order valence-corrected chi connectivity index (χ0v) is 24.5. The number of aryl methyl sites for hydroxylation is 1. The second kappa shape index (κ2) is 14.0. The molecule has 37 heavy (non-hydrogen) atoms. The molecule has 204 valence electrons. The van der Waals surface area contributed by atoms with Gasteiger partial charge in [-0.1, -0.05) is 61.3 Å². The average molecular weight is 571 g/mol. The monoisotopic (exact) mass is 569 g/mol. The molecule has 0 aliphatic heterocycles. The number of carbonyl (C=O) groups excluding carboxylic acids is 2. The third-order valence-corrected chi connectivity index (χ3v) is 8.06. The van der Waals surface area contributed by atoms with Crippen molar-refractivity contribution in [2.24, 2.45) is 0 Å². The molecule has 0 aliphatic carbocycles. The number of benzene rings is 2. The second-order valence-electron chi connectivity index (χ2n) is 9.22. The van der Waals surface area contributed by atoms with Crippen LogP contribution in [-0.2, 0) is 26.2 Å². The highest BCUT2D eigenvalue weighted by atomic mass is 35.5. The first kappa shape index (κ1) is 30.9. The van der Waals surface area contributed by atoms with Gasteiger partial charge in [-0.3, -0.25) is 13.9 Å². The van der Waals surface area contributed by atoms with Gasteiger partial charge in [0.2, 0.25) is 21.8 Å². The molecule has 0 radical (unpaired) electrons. The maximum absolute atomic E-state index is 13.5. The van der Waals surface area contributed by atoms with Gasteiger partial charge in [-0.2, -0.15) is 0 Å². The van der Waals surface area contributed by atoms with Crippen LogP contribution in [0, 0.1) is 6.92 Å². The van der Waals surface area contributed by atoms with Crippen LogP contribution in [0.25, 0.3) is 0 Å². The average Bonchev–Trinajstić information content (AvgIpc) is 2.83. The number of rotatable bonds is 13. The van der Waals surface area contributed by atoms with Crippen LogP contribution in [0.5, 0.6) is 0 Å². The highest BCUT2D eigenvalue weighted by Crippen LogP contribution is 2.27. The molecule has 2 aromatic rings. The molecule has 0 bridgehead atoms. The highest BCUT2D eigenvalue weighted by molar-refractivity contribution is 7.92. The van der Waals surface area contributed by atoms with Gasteiger partial charge in [0.1, 0.15) is 6.04 Å². The summed E-state index contributed by atoms with van der Waals surface area (Å²) in [6, 6.07) is 11.6. The summed E-state index contributed by atoms with van der Waals surface area (Å²) >= 11 is 12.5. The van der Waals surface area contributed by atoms with E-state index in [4.69, 9.17) is 23.2 Å². The minimum absolute atomic E-state index is 0.0249. The summed E-state index contributed by atoms with van der Waals surface area (Å²) in [6.45, 7) is 7.84. The van der Waals surface area contributed by atoms with Crippen LogP contribution in [0.3, 0.4) is 0 Å². The van der Waals surface area contributed by atoms with Crippen molar-refractivity contribution < 1.29 is 18.0 Å². The Balaban J connectivity index is 2.27. The molecule has 0 aromatic heterocycles. The number of amides is 2. The van der Waals surface area contributed by atoms with Gasteiger partial charge in [0.25, 0.3) is 0 Å². The van der Waals surface area contributed by atoms with E-state index >= 15 is 0 Å². The van der Waals surface area contributed by atoms with Crippen LogP contribution in [0.4, 0.5) is 5.69 Å². The summed E-state index contributed by atoms with van der Waals surface area (Å²) < 4.78 is 26.4. The van der Waals surface area contributed by atoms with Gasteiger partial charge < -0.3 is 10.2 Å². The number of sulfonamides is 1. The molecule has 2 aromatic carbocycles. The normalized spacial score (nSPS) is 13.1. The van der Waals surface area contributed by atoms with E-state index in [1.165, 1.54) is 4.31 Å². The Morgan fingerprint density at radius 1 is 1.05 bits per heavy atom. The summed E-state index contributed by atoms with van der Waals surface area (Å²) in [5.41, 5.74) is 1.98. The minimum atomic E-state index is -3.61. The molecule has 2 atom stereocenters. The van der Waals surface area contributed by atoms with E-state index in [0.29, 0.717) is 22.2 Å². The molecule has 0 saturated carbocycles. The Labute approximate surface area is 231 Å². The highest BCUT2D eigenvalue weighted by Gasteiger charge is 2.30. The van der Waals surface area contributed by atoms with Crippen LogP contribution >= 0.6 is 23.2 Å². The summed E-state index contributed by atoms with van der Waals surface area (Å²) in [7, 11) is -3.61. The lowest BCUT2D eigenvalue weighted by Gasteiger charge is -2.32. The van der Waals surface area contributed by atoms with Crippen molar-refractivity contribution in [1.29, 1.82) is 0 Å². The van der Waals surface area contributed by atoms with Gasteiger partial charge in [-0.05, 0) is 62.4 Å². The lowest BCUT2D eigenvalue weighted by Crippen LogP contribution is -2.50. The van der Waals surface area contributed by atoms with E-state index in [0.717, 1.165) is 23.8 Å². The molecule has 2 rings (SSSR count). The van der Waals surface area contributed by atoms with Gasteiger partial charge in [-0.25, -0.2) is 8.42 Å². The fourth-order valence-corrected chi connectivity index (χ4v) is 5.38. The van der Waals surface area contributed by atoms with E-state index in [-0.39, 0.29) is 43.8 Å². The molecule has 0 heterocycles. The predicted molar refractivity (Wildman–Crippen MR) is 152 cm³/mol. The largest absolute Gasteiger partial charge is 0.352 e. The van der Waals surface area contributed by atoms with Crippen molar-refractivity contribution in [1.82, 2.24) is 10.2 Å². The zero-order chi connectivity index (χ0) is 27.8. The fraction of sp³-hybridized carbons (Fsp3) is 0.481. The van der Waals surface area contributed by atoms with Gasteiger partial charge in [0, 0.05) is 35.6 Å². The predicted octanol–water partition coefficient (Wildman–Crippen LogP) is 5.57. The van der Waals surface area contributed by atoms with Crippen LogP contribution in [-0.4, -0.2) is 50.0 Å². The lowest BCUT2D eigenvalue weighted by atomic mass is 10.1.